The number of aliphatic hydroxyl groups is 1. The van der Waals surface area contributed by atoms with Crippen LogP contribution in [-0.2, 0) is 19.1 Å². The highest BCUT2D eigenvalue weighted by atomic mass is 16.5. The normalized spacial score (nSPS) is 27.5. The molecule has 3 fully saturated rings. The molecule has 7 atom stereocenters. The molecular formula is C47H92N4O5. The number of amides is 2. The van der Waals surface area contributed by atoms with Gasteiger partial charge < -0.3 is 36.7 Å². The molecule has 4 aliphatic carbocycles. The van der Waals surface area contributed by atoms with Crippen molar-refractivity contribution in [2.24, 2.45) is 57.8 Å². The molecule has 0 bridgehead atoms. The summed E-state index contributed by atoms with van der Waals surface area (Å²) in [6.45, 7) is 25.1. The van der Waals surface area contributed by atoms with Gasteiger partial charge in [0.2, 0.25) is 11.8 Å². The van der Waals surface area contributed by atoms with Crippen molar-refractivity contribution in [1.82, 2.24) is 10.6 Å². The van der Waals surface area contributed by atoms with Gasteiger partial charge in [-0.15, -0.1) is 0 Å². The number of primary amides is 1. The van der Waals surface area contributed by atoms with Crippen molar-refractivity contribution in [3.63, 3.8) is 0 Å². The van der Waals surface area contributed by atoms with Crippen LogP contribution in [0.15, 0.2) is 11.6 Å². The SMILES string of the molecule is CC.CC(C)CCC=O.CC(C)CCCCC1CCC2C3CC=C4CC(OCC(=O)NC(C)(C)CO)CCC4(C)C3CCC12C.CCCCNC.NCC(N)=O. The van der Waals surface area contributed by atoms with E-state index < -0.39 is 11.4 Å². The lowest BCUT2D eigenvalue weighted by atomic mass is 9.47. The van der Waals surface area contributed by atoms with E-state index in [1.165, 1.54) is 77.0 Å². The van der Waals surface area contributed by atoms with Crippen molar-refractivity contribution < 1.29 is 24.2 Å². The first-order chi connectivity index (χ1) is 26.4. The maximum atomic E-state index is 12.3. The average Bonchev–Trinajstić information content (AvgIpc) is 3.51. The molecule has 3 saturated carbocycles. The summed E-state index contributed by atoms with van der Waals surface area (Å²) < 4.78 is 6.09. The highest BCUT2D eigenvalue weighted by Gasteiger charge is 2.58. The number of fused-ring (bicyclic) bond motifs is 5. The number of hydrogen-bond acceptors (Lipinski definition) is 7. The third-order valence-corrected chi connectivity index (χ3v) is 13.0. The zero-order valence-electron chi connectivity index (χ0n) is 38.6. The number of nitrogens with one attached hydrogen (secondary N) is 2. The molecule has 9 heteroatoms. The van der Waals surface area contributed by atoms with E-state index in [2.05, 4.69) is 70.9 Å². The summed E-state index contributed by atoms with van der Waals surface area (Å²) in [6.07, 6.45) is 24.0. The Bertz CT molecular complexity index is 1110. The molecule has 0 saturated heterocycles. The van der Waals surface area contributed by atoms with Crippen molar-refractivity contribution in [2.75, 3.05) is 33.4 Å². The van der Waals surface area contributed by atoms with Crippen molar-refractivity contribution in [1.29, 1.82) is 0 Å². The van der Waals surface area contributed by atoms with Crippen LogP contribution in [0, 0.1) is 46.3 Å². The van der Waals surface area contributed by atoms with Crippen LogP contribution >= 0.6 is 0 Å². The van der Waals surface area contributed by atoms with Crippen LogP contribution in [0.4, 0.5) is 0 Å². The largest absolute Gasteiger partial charge is 0.394 e. The number of allylic oxidation sites excluding steroid dienone is 1. The molecule has 4 aliphatic rings. The summed E-state index contributed by atoms with van der Waals surface area (Å²) in [4.78, 5) is 31.5. The number of aldehydes is 1. The van der Waals surface area contributed by atoms with Gasteiger partial charge in [0, 0.05) is 6.42 Å². The Labute approximate surface area is 345 Å². The predicted octanol–water partition coefficient (Wildman–Crippen LogP) is 9.14. The number of rotatable bonds is 17. The highest BCUT2D eigenvalue weighted by Crippen LogP contribution is 2.66. The first-order valence-electron chi connectivity index (χ1n) is 22.7. The summed E-state index contributed by atoms with van der Waals surface area (Å²) in [5, 5.41) is 15.3. The fraction of sp³-hybridized carbons (Fsp3) is 0.894. The first kappa shape index (κ1) is 54.2. The second-order valence-corrected chi connectivity index (χ2v) is 18.8. The molecule has 56 heavy (non-hydrogen) atoms. The van der Waals surface area contributed by atoms with Gasteiger partial charge in [0.25, 0.3) is 0 Å². The van der Waals surface area contributed by atoms with Crippen molar-refractivity contribution in [2.45, 2.75) is 191 Å². The van der Waals surface area contributed by atoms with E-state index in [0.29, 0.717) is 16.7 Å². The number of carbonyl (C=O) groups excluding carboxylic acids is 3. The monoisotopic (exact) mass is 793 g/mol. The second-order valence-electron chi connectivity index (χ2n) is 18.8. The molecule has 2 amide bonds. The minimum absolute atomic E-state index is 0.0556. The summed E-state index contributed by atoms with van der Waals surface area (Å²) in [6, 6.07) is 0. The predicted molar refractivity (Wildman–Crippen MR) is 236 cm³/mol. The summed E-state index contributed by atoms with van der Waals surface area (Å²) in [5.41, 5.74) is 11.1. The van der Waals surface area contributed by atoms with E-state index in [1.807, 2.05) is 34.7 Å². The number of nitrogens with two attached hydrogens (primary N) is 2. The Morgan fingerprint density at radius 3 is 2.14 bits per heavy atom. The van der Waals surface area contributed by atoms with Gasteiger partial charge in [-0.3, -0.25) is 9.59 Å². The Morgan fingerprint density at radius 2 is 1.64 bits per heavy atom. The molecule has 0 aliphatic heterocycles. The van der Waals surface area contributed by atoms with Gasteiger partial charge in [-0.2, -0.15) is 0 Å². The van der Waals surface area contributed by atoms with Crippen LogP contribution < -0.4 is 22.1 Å². The van der Waals surface area contributed by atoms with E-state index in [9.17, 15) is 19.5 Å². The number of carbonyl (C=O) groups is 3. The molecule has 4 rings (SSSR count). The molecular weight excluding hydrogens is 701 g/mol. The minimum atomic E-state index is -0.602. The van der Waals surface area contributed by atoms with Gasteiger partial charge in [0.1, 0.15) is 12.9 Å². The molecule has 7 unspecified atom stereocenters. The van der Waals surface area contributed by atoms with Gasteiger partial charge >= 0.3 is 0 Å². The Morgan fingerprint density at radius 1 is 1.00 bits per heavy atom. The van der Waals surface area contributed by atoms with E-state index in [4.69, 9.17) is 10.5 Å². The summed E-state index contributed by atoms with van der Waals surface area (Å²) in [7, 11) is 1.98. The van der Waals surface area contributed by atoms with E-state index in [0.717, 1.165) is 68.1 Å². The lowest BCUT2D eigenvalue weighted by Crippen LogP contribution is -2.51. The van der Waals surface area contributed by atoms with Gasteiger partial charge in [-0.25, -0.2) is 0 Å². The van der Waals surface area contributed by atoms with Gasteiger partial charge in [-0.05, 0) is 144 Å². The van der Waals surface area contributed by atoms with E-state index >= 15 is 0 Å². The van der Waals surface area contributed by atoms with E-state index in [1.54, 1.807) is 5.57 Å². The van der Waals surface area contributed by atoms with Crippen molar-refractivity contribution in [3.05, 3.63) is 11.6 Å². The quantitative estimate of drug-likeness (QED) is 0.0559. The number of hydrogen-bond donors (Lipinski definition) is 5. The van der Waals surface area contributed by atoms with Crippen LogP contribution in [0.2, 0.25) is 0 Å². The third-order valence-electron chi connectivity index (χ3n) is 13.0. The molecule has 0 aromatic carbocycles. The standard InChI is InChI=1S/C32H55NO3.C6H12O.C5H13N.C2H6N2O.C2H6/c1-22(2)9-7-8-10-23-12-14-27-26-13-11-24-19-25(36-20-29(35)33-30(3,4)21-34)15-17-32(24,6)28(26)16-18-31(23,27)5;1-6(2)4-3-5-7;1-3-4-5-6-2;3-1-2(4)5;1-2/h11,22-23,25-28,34H,7-10,12-21H2,1-6H3,(H,33,35);5-6H,3-4H2,1-2H3;6H,3-5H2,1-2H3;1,3H2,(H2,4,5);1-2H3. The molecule has 0 aromatic rings. The lowest BCUT2D eigenvalue weighted by molar-refractivity contribution is -0.131. The zero-order valence-corrected chi connectivity index (χ0v) is 38.6. The van der Waals surface area contributed by atoms with Crippen molar-refractivity contribution >= 4 is 18.1 Å². The average molecular weight is 793 g/mol. The zero-order chi connectivity index (χ0) is 43.0. The smallest absolute Gasteiger partial charge is 0.246 e. The maximum absolute atomic E-state index is 12.3. The molecule has 330 valence electrons. The van der Waals surface area contributed by atoms with Gasteiger partial charge in [0.05, 0.1) is 24.8 Å². The molecule has 0 aromatic heterocycles. The number of unbranched alkanes of at least 4 members (excludes halogenated alkanes) is 2. The lowest BCUT2D eigenvalue weighted by Gasteiger charge is -2.58. The Hall–Kier alpha value is -1.81. The van der Waals surface area contributed by atoms with Gasteiger partial charge in [-0.1, -0.05) is 99.6 Å². The molecule has 7 N–H and O–H groups in total. The topological polar surface area (TPSA) is 157 Å². The first-order valence-corrected chi connectivity index (χ1v) is 22.7. The van der Waals surface area contributed by atoms with Crippen LogP contribution in [-0.4, -0.2) is 68.2 Å². The summed E-state index contributed by atoms with van der Waals surface area (Å²) >= 11 is 0. The molecule has 0 spiro atoms. The Balaban J connectivity index is 0.00000125. The van der Waals surface area contributed by atoms with Crippen LogP contribution in [0.3, 0.4) is 0 Å². The molecule has 9 nitrogen and oxygen atoms in total. The van der Waals surface area contributed by atoms with Crippen LogP contribution in [0.25, 0.3) is 0 Å². The highest BCUT2D eigenvalue weighted by molar-refractivity contribution is 5.78. The minimum Gasteiger partial charge on any atom is -0.394 e. The number of ether oxygens (including phenoxy) is 1. The second kappa shape index (κ2) is 28.6. The molecule has 0 radical (unpaired) electrons. The summed E-state index contributed by atoms with van der Waals surface area (Å²) in [5.74, 6) is 4.45. The fourth-order valence-corrected chi connectivity index (χ4v) is 9.70. The molecule has 0 heterocycles. The Kier molecular flexibility index (Phi) is 27.7. The van der Waals surface area contributed by atoms with Crippen molar-refractivity contribution in [3.8, 4) is 0 Å². The number of aliphatic hydroxyl groups excluding tert-OH is 1. The van der Waals surface area contributed by atoms with Crippen LogP contribution in [0.5, 0.6) is 0 Å². The maximum Gasteiger partial charge on any atom is 0.246 e. The van der Waals surface area contributed by atoms with Crippen LogP contribution in [0.1, 0.15) is 179 Å². The third kappa shape index (κ3) is 18.8. The fourth-order valence-electron chi connectivity index (χ4n) is 9.70. The van der Waals surface area contributed by atoms with E-state index in [-0.39, 0.29) is 31.8 Å². The van der Waals surface area contributed by atoms with Gasteiger partial charge in [0.15, 0.2) is 0 Å².